The van der Waals surface area contributed by atoms with Crippen LogP contribution in [0, 0.1) is 11.8 Å². The molecule has 2 saturated carbocycles. The van der Waals surface area contributed by atoms with Crippen molar-refractivity contribution in [1.82, 2.24) is 4.90 Å². The lowest BCUT2D eigenvalue weighted by atomic mass is 10.1. The van der Waals surface area contributed by atoms with Crippen molar-refractivity contribution in [1.29, 1.82) is 0 Å². The van der Waals surface area contributed by atoms with E-state index in [9.17, 15) is 4.79 Å². The normalized spacial score (nSPS) is 26.6. The Morgan fingerprint density at radius 3 is 2.65 bits per heavy atom. The molecule has 0 heterocycles. The summed E-state index contributed by atoms with van der Waals surface area (Å²) in [6.07, 6.45) is 3.46. The molecular weight excluding hydrogens is 210 g/mol. The highest BCUT2D eigenvalue weighted by atomic mass is 16.2. The summed E-state index contributed by atoms with van der Waals surface area (Å²) in [5.41, 5.74) is 1.43. The SMILES string of the molecule is CN(CC1CC1c1ccccc1)C(=O)C1CC1. The van der Waals surface area contributed by atoms with Gasteiger partial charge in [-0.25, -0.2) is 0 Å². The maximum Gasteiger partial charge on any atom is 0.225 e. The van der Waals surface area contributed by atoms with Crippen molar-refractivity contribution in [3.63, 3.8) is 0 Å². The Morgan fingerprint density at radius 2 is 2.00 bits per heavy atom. The van der Waals surface area contributed by atoms with Crippen molar-refractivity contribution in [3.05, 3.63) is 35.9 Å². The van der Waals surface area contributed by atoms with Gasteiger partial charge in [0.2, 0.25) is 5.91 Å². The smallest absolute Gasteiger partial charge is 0.225 e. The average molecular weight is 229 g/mol. The number of rotatable bonds is 4. The first kappa shape index (κ1) is 10.8. The van der Waals surface area contributed by atoms with Gasteiger partial charge in [0.25, 0.3) is 0 Å². The quantitative estimate of drug-likeness (QED) is 0.777. The van der Waals surface area contributed by atoms with Crippen molar-refractivity contribution in [2.75, 3.05) is 13.6 Å². The van der Waals surface area contributed by atoms with Crippen LogP contribution in [0.3, 0.4) is 0 Å². The number of carbonyl (C=O) groups is 1. The number of benzene rings is 1. The molecule has 0 aliphatic heterocycles. The second-order valence-corrected chi connectivity index (χ2v) is 5.51. The lowest BCUT2D eigenvalue weighted by Gasteiger charge is -2.16. The van der Waals surface area contributed by atoms with Gasteiger partial charge in [0.15, 0.2) is 0 Å². The Kier molecular flexibility index (Phi) is 2.65. The van der Waals surface area contributed by atoms with Crippen molar-refractivity contribution in [2.45, 2.75) is 25.2 Å². The predicted molar refractivity (Wildman–Crippen MR) is 67.7 cm³/mol. The van der Waals surface area contributed by atoms with Crippen LogP contribution in [0.1, 0.15) is 30.7 Å². The maximum absolute atomic E-state index is 11.8. The zero-order valence-corrected chi connectivity index (χ0v) is 10.3. The van der Waals surface area contributed by atoms with Gasteiger partial charge in [-0.1, -0.05) is 30.3 Å². The van der Waals surface area contributed by atoms with Crippen LogP contribution in [0.25, 0.3) is 0 Å². The molecule has 0 bridgehead atoms. The number of nitrogens with zero attached hydrogens (tertiary/aromatic N) is 1. The summed E-state index contributed by atoms with van der Waals surface area (Å²) in [6.45, 7) is 0.939. The molecule has 2 heteroatoms. The fourth-order valence-electron chi connectivity index (χ4n) is 2.64. The highest BCUT2D eigenvalue weighted by Gasteiger charge is 2.41. The summed E-state index contributed by atoms with van der Waals surface area (Å²) < 4.78 is 0. The number of hydrogen-bond acceptors (Lipinski definition) is 1. The van der Waals surface area contributed by atoms with Gasteiger partial charge in [-0.2, -0.15) is 0 Å². The minimum atomic E-state index is 0.355. The first-order valence-electron chi connectivity index (χ1n) is 6.55. The predicted octanol–water partition coefficient (Wildman–Crippen LogP) is 2.66. The molecule has 17 heavy (non-hydrogen) atoms. The van der Waals surface area contributed by atoms with Gasteiger partial charge >= 0.3 is 0 Å². The molecule has 90 valence electrons. The fraction of sp³-hybridized carbons (Fsp3) is 0.533. The van der Waals surface area contributed by atoms with E-state index < -0.39 is 0 Å². The Labute approximate surface area is 103 Å². The molecule has 2 aliphatic carbocycles. The van der Waals surface area contributed by atoms with Gasteiger partial charge in [0, 0.05) is 19.5 Å². The van der Waals surface area contributed by atoms with Crippen LogP contribution in [-0.2, 0) is 4.79 Å². The fourth-order valence-corrected chi connectivity index (χ4v) is 2.64. The maximum atomic E-state index is 11.8. The third-order valence-corrected chi connectivity index (χ3v) is 3.96. The molecule has 2 atom stereocenters. The Morgan fingerprint density at radius 1 is 1.29 bits per heavy atom. The monoisotopic (exact) mass is 229 g/mol. The molecule has 0 spiro atoms. The van der Waals surface area contributed by atoms with Crippen LogP contribution in [-0.4, -0.2) is 24.4 Å². The molecule has 1 aromatic rings. The zero-order chi connectivity index (χ0) is 11.8. The Bertz CT molecular complexity index is 410. The molecule has 1 aromatic carbocycles. The van der Waals surface area contributed by atoms with Gasteiger partial charge in [0.05, 0.1) is 0 Å². The number of carbonyl (C=O) groups excluding carboxylic acids is 1. The summed E-state index contributed by atoms with van der Waals surface area (Å²) in [5, 5.41) is 0. The lowest BCUT2D eigenvalue weighted by Crippen LogP contribution is -2.30. The van der Waals surface area contributed by atoms with Gasteiger partial charge in [-0.15, -0.1) is 0 Å². The van der Waals surface area contributed by atoms with Crippen molar-refractivity contribution in [3.8, 4) is 0 Å². The largest absolute Gasteiger partial charge is 0.345 e. The third-order valence-electron chi connectivity index (χ3n) is 3.96. The topological polar surface area (TPSA) is 20.3 Å². The molecule has 0 saturated heterocycles. The Hall–Kier alpha value is -1.31. The van der Waals surface area contributed by atoms with Gasteiger partial charge in [-0.3, -0.25) is 4.79 Å². The highest BCUT2D eigenvalue weighted by molar-refractivity contribution is 5.80. The van der Waals surface area contributed by atoms with Gasteiger partial charge in [0.1, 0.15) is 0 Å². The second-order valence-electron chi connectivity index (χ2n) is 5.51. The molecular formula is C15H19NO. The summed E-state index contributed by atoms with van der Waals surface area (Å²) in [6, 6.07) is 10.7. The number of hydrogen-bond donors (Lipinski definition) is 0. The minimum absolute atomic E-state index is 0.355. The van der Waals surface area contributed by atoms with Crippen LogP contribution in [0.4, 0.5) is 0 Å². The standard InChI is InChI=1S/C15H19NO/c1-16(15(17)12-7-8-12)10-13-9-14(13)11-5-3-2-4-6-11/h2-6,12-14H,7-10H2,1H3. The minimum Gasteiger partial charge on any atom is -0.345 e. The van der Waals surface area contributed by atoms with Crippen LogP contribution in [0.15, 0.2) is 30.3 Å². The van der Waals surface area contributed by atoms with E-state index in [4.69, 9.17) is 0 Å². The zero-order valence-electron chi connectivity index (χ0n) is 10.3. The summed E-state index contributed by atoms with van der Waals surface area (Å²) in [5.74, 6) is 2.09. The summed E-state index contributed by atoms with van der Waals surface area (Å²) in [7, 11) is 1.96. The molecule has 0 N–H and O–H groups in total. The third kappa shape index (κ3) is 2.36. The highest BCUT2D eigenvalue weighted by Crippen LogP contribution is 2.47. The summed E-state index contributed by atoms with van der Waals surface area (Å²) >= 11 is 0. The van der Waals surface area contributed by atoms with Crippen molar-refractivity contribution < 1.29 is 4.79 Å². The Balaban J connectivity index is 1.53. The van der Waals surface area contributed by atoms with E-state index in [-0.39, 0.29) is 0 Å². The van der Waals surface area contributed by atoms with Gasteiger partial charge in [-0.05, 0) is 36.7 Å². The van der Waals surface area contributed by atoms with Crippen LogP contribution in [0.2, 0.25) is 0 Å². The second kappa shape index (κ2) is 4.17. The molecule has 2 fully saturated rings. The number of amides is 1. The molecule has 3 rings (SSSR count). The van der Waals surface area contributed by atoms with Gasteiger partial charge < -0.3 is 4.90 Å². The van der Waals surface area contributed by atoms with Crippen LogP contribution < -0.4 is 0 Å². The lowest BCUT2D eigenvalue weighted by molar-refractivity contribution is -0.131. The van der Waals surface area contributed by atoms with Crippen molar-refractivity contribution in [2.24, 2.45) is 11.8 Å². The molecule has 2 nitrogen and oxygen atoms in total. The van der Waals surface area contributed by atoms with E-state index in [2.05, 4.69) is 30.3 Å². The van der Waals surface area contributed by atoms with E-state index in [0.29, 0.717) is 23.7 Å². The molecule has 1 amide bonds. The van der Waals surface area contributed by atoms with Crippen LogP contribution >= 0.6 is 0 Å². The summed E-state index contributed by atoms with van der Waals surface area (Å²) in [4.78, 5) is 13.8. The first-order valence-corrected chi connectivity index (χ1v) is 6.55. The molecule has 0 radical (unpaired) electrons. The van der Waals surface area contributed by atoms with Crippen LogP contribution in [0.5, 0.6) is 0 Å². The first-order chi connectivity index (χ1) is 8.25. The van der Waals surface area contributed by atoms with E-state index in [1.54, 1.807) is 0 Å². The molecule has 0 aromatic heterocycles. The molecule has 2 unspecified atom stereocenters. The van der Waals surface area contributed by atoms with Crippen molar-refractivity contribution >= 4 is 5.91 Å². The van der Waals surface area contributed by atoms with E-state index in [1.165, 1.54) is 12.0 Å². The van der Waals surface area contributed by atoms with E-state index >= 15 is 0 Å². The van der Waals surface area contributed by atoms with E-state index in [0.717, 1.165) is 19.4 Å². The average Bonchev–Trinajstić information content (AvgIpc) is 3.23. The van der Waals surface area contributed by atoms with E-state index in [1.807, 2.05) is 11.9 Å². The molecule has 2 aliphatic rings.